The lowest BCUT2D eigenvalue weighted by atomic mass is 9.79. The maximum atomic E-state index is 13.1. The molecule has 4 aliphatic rings. The molecule has 2 heterocycles. The number of hydrogen-bond acceptors (Lipinski definition) is 3. The van der Waals surface area contributed by atoms with Crippen LogP contribution in [0.2, 0.25) is 0 Å². The third kappa shape index (κ3) is 3.34. The minimum absolute atomic E-state index is 0.0181. The molecule has 0 aromatic heterocycles. The normalized spacial score (nSPS) is 31.8. The molecule has 2 amide bonds. The van der Waals surface area contributed by atoms with Crippen molar-refractivity contribution in [2.24, 2.45) is 5.92 Å². The van der Waals surface area contributed by atoms with E-state index in [-0.39, 0.29) is 23.5 Å². The lowest BCUT2D eigenvalue weighted by Crippen LogP contribution is -2.56. The van der Waals surface area contributed by atoms with E-state index < -0.39 is 0 Å². The molecule has 2 saturated carbocycles. The molecule has 0 spiro atoms. The summed E-state index contributed by atoms with van der Waals surface area (Å²) in [6.07, 6.45) is 8.29. The highest BCUT2D eigenvalue weighted by molar-refractivity contribution is 5.94. The maximum absolute atomic E-state index is 13.1. The zero-order valence-corrected chi connectivity index (χ0v) is 16.5. The Morgan fingerprint density at radius 1 is 1.18 bits per heavy atom. The molecular weight excluding hydrogens is 352 g/mol. The van der Waals surface area contributed by atoms with Crippen LogP contribution in [-0.2, 0) is 9.53 Å². The molecule has 3 unspecified atom stereocenters. The van der Waals surface area contributed by atoms with Crippen molar-refractivity contribution in [3.05, 3.63) is 35.4 Å². The fourth-order valence-corrected chi connectivity index (χ4v) is 5.54. The third-order valence-electron chi connectivity index (χ3n) is 7.18. The van der Waals surface area contributed by atoms with E-state index in [1.165, 1.54) is 24.8 Å². The van der Waals surface area contributed by atoms with E-state index in [0.29, 0.717) is 25.0 Å². The third-order valence-corrected chi connectivity index (χ3v) is 7.18. The van der Waals surface area contributed by atoms with Crippen LogP contribution in [-0.4, -0.2) is 48.1 Å². The monoisotopic (exact) mass is 382 g/mol. The van der Waals surface area contributed by atoms with Crippen molar-refractivity contribution >= 4 is 11.8 Å². The molecule has 1 aromatic carbocycles. The van der Waals surface area contributed by atoms with E-state index in [9.17, 15) is 9.59 Å². The van der Waals surface area contributed by atoms with Gasteiger partial charge in [0.1, 0.15) is 6.10 Å². The van der Waals surface area contributed by atoms with Crippen molar-refractivity contribution in [1.82, 2.24) is 10.2 Å². The Labute approximate surface area is 166 Å². The summed E-state index contributed by atoms with van der Waals surface area (Å²) in [7, 11) is 0. The topological polar surface area (TPSA) is 58.6 Å². The predicted molar refractivity (Wildman–Crippen MR) is 106 cm³/mol. The van der Waals surface area contributed by atoms with Gasteiger partial charge in [-0.15, -0.1) is 0 Å². The Kier molecular flexibility index (Phi) is 4.66. The summed E-state index contributed by atoms with van der Waals surface area (Å²) in [5.74, 6) is 1.33. The van der Waals surface area contributed by atoms with Gasteiger partial charge in [-0.3, -0.25) is 9.59 Å². The molecule has 2 saturated heterocycles. The van der Waals surface area contributed by atoms with Crippen LogP contribution < -0.4 is 5.32 Å². The van der Waals surface area contributed by atoms with E-state index >= 15 is 0 Å². The van der Waals surface area contributed by atoms with Crippen LogP contribution in [0.5, 0.6) is 0 Å². The highest BCUT2D eigenvalue weighted by Crippen LogP contribution is 2.44. The van der Waals surface area contributed by atoms with Crippen molar-refractivity contribution in [1.29, 1.82) is 0 Å². The first kappa shape index (κ1) is 18.2. The summed E-state index contributed by atoms with van der Waals surface area (Å²) in [5.41, 5.74) is 1.79. The molecule has 3 atom stereocenters. The van der Waals surface area contributed by atoms with Crippen molar-refractivity contribution < 1.29 is 14.3 Å². The van der Waals surface area contributed by atoms with E-state index in [1.54, 1.807) is 0 Å². The van der Waals surface area contributed by atoms with Gasteiger partial charge in [-0.25, -0.2) is 0 Å². The number of benzene rings is 1. The Morgan fingerprint density at radius 3 is 2.86 bits per heavy atom. The minimum atomic E-state index is -0.276. The SMILES string of the molecule is O=C(NCC12CCCC(CN1C(=O)C1CCCO1)C2)c1cccc(C2CC2)c1. The number of hydrogen-bond donors (Lipinski definition) is 1. The number of carbonyl (C=O) groups is 2. The fraction of sp³-hybridized carbons (Fsp3) is 0.652. The van der Waals surface area contributed by atoms with E-state index in [4.69, 9.17) is 4.74 Å². The quantitative estimate of drug-likeness (QED) is 0.850. The molecule has 5 heteroatoms. The average Bonchev–Trinajstić information content (AvgIpc) is 3.37. The standard InChI is InChI=1S/C23H30N2O3/c26-21(19-6-1-5-18(12-19)17-8-9-17)24-15-23-10-2-4-16(13-23)14-25(23)22(27)20-7-3-11-28-20/h1,5-6,12,16-17,20H,2-4,7-11,13-15H2,(H,24,26). The molecule has 1 N–H and O–H groups in total. The summed E-state index contributed by atoms with van der Waals surface area (Å²) in [6.45, 7) is 2.06. The summed E-state index contributed by atoms with van der Waals surface area (Å²) in [5, 5.41) is 3.18. The number of carbonyl (C=O) groups excluding carboxylic acids is 2. The molecule has 150 valence electrons. The zero-order chi connectivity index (χ0) is 19.1. The average molecular weight is 383 g/mol. The molecule has 2 aliphatic carbocycles. The van der Waals surface area contributed by atoms with Gasteiger partial charge in [0.25, 0.3) is 11.8 Å². The minimum Gasteiger partial charge on any atom is -0.368 e. The highest BCUT2D eigenvalue weighted by Gasteiger charge is 2.51. The Bertz CT molecular complexity index is 769. The molecule has 5 rings (SSSR count). The molecular formula is C23H30N2O3. The molecule has 2 aliphatic heterocycles. The van der Waals surface area contributed by atoms with Gasteiger partial charge in [-0.05, 0) is 74.5 Å². The van der Waals surface area contributed by atoms with Gasteiger partial charge in [0.15, 0.2) is 0 Å². The summed E-state index contributed by atoms with van der Waals surface area (Å²) < 4.78 is 5.68. The van der Waals surface area contributed by atoms with Gasteiger partial charge >= 0.3 is 0 Å². The summed E-state index contributed by atoms with van der Waals surface area (Å²) in [6, 6.07) is 8.04. The van der Waals surface area contributed by atoms with Gasteiger partial charge in [0.2, 0.25) is 0 Å². The number of amides is 2. The number of fused-ring (bicyclic) bond motifs is 2. The first-order valence-corrected chi connectivity index (χ1v) is 11.0. The van der Waals surface area contributed by atoms with E-state index in [0.717, 1.165) is 44.2 Å². The second-order valence-corrected chi connectivity index (χ2v) is 9.22. The maximum Gasteiger partial charge on any atom is 0.252 e. The van der Waals surface area contributed by atoms with Crippen molar-refractivity contribution in [2.75, 3.05) is 19.7 Å². The number of nitrogens with zero attached hydrogens (tertiary/aromatic N) is 1. The van der Waals surface area contributed by atoms with Crippen LogP contribution >= 0.6 is 0 Å². The number of rotatable bonds is 5. The fourth-order valence-electron chi connectivity index (χ4n) is 5.54. The first-order valence-electron chi connectivity index (χ1n) is 11.0. The first-order chi connectivity index (χ1) is 13.6. The molecule has 0 radical (unpaired) electrons. The van der Waals surface area contributed by atoms with E-state index in [2.05, 4.69) is 16.3 Å². The summed E-state index contributed by atoms with van der Waals surface area (Å²) in [4.78, 5) is 28.0. The molecule has 4 fully saturated rings. The van der Waals surface area contributed by atoms with E-state index in [1.807, 2.05) is 18.2 Å². The highest BCUT2D eigenvalue weighted by atomic mass is 16.5. The van der Waals surface area contributed by atoms with Crippen LogP contribution in [0, 0.1) is 5.92 Å². The van der Waals surface area contributed by atoms with Crippen LogP contribution in [0.25, 0.3) is 0 Å². The van der Waals surface area contributed by atoms with Crippen LogP contribution in [0.4, 0.5) is 0 Å². The van der Waals surface area contributed by atoms with Crippen LogP contribution in [0.3, 0.4) is 0 Å². The molecule has 5 nitrogen and oxygen atoms in total. The summed E-state index contributed by atoms with van der Waals surface area (Å²) >= 11 is 0. The van der Waals surface area contributed by atoms with Crippen molar-refractivity contribution in [3.8, 4) is 0 Å². The molecule has 28 heavy (non-hydrogen) atoms. The Morgan fingerprint density at radius 2 is 2.07 bits per heavy atom. The number of likely N-dealkylation sites (tertiary alicyclic amines) is 1. The van der Waals surface area contributed by atoms with Crippen molar-refractivity contribution in [2.45, 2.75) is 68.9 Å². The largest absolute Gasteiger partial charge is 0.368 e. The second kappa shape index (κ2) is 7.18. The van der Waals surface area contributed by atoms with Gasteiger partial charge < -0.3 is 15.0 Å². The smallest absolute Gasteiger partial charge is 0.252 e. The van der Waals surface area contributed by atoms with Gasteiger partial charge in [0.05, 0.1) is 5.54 Å². The number of nitrogens with one attached hydrogen (secondary N) is 1. The predicted octanol–water partition coefficient (Wildman–Crippen LogP) is 3.24. The second-order valence-electron chi connectivity index (χ2n) is 9.22. The van der Waals surface area contributed by atoms with Crippen LogP contribution in [0.1, 0.15) is 73.2 Å². The lowest BCUT2D eigenvalue weighted by Gasteiger charge is -2.40. The molecule has 1 aromatic rings. The zero-order valence-electron chi connectivity index (χ0n) is 16.5. The lowest BCUT2D eigenvalue weighted by molar-refractivity contribution is -0.145. The Hall–Kier alpha value is -1.88. The van der Waals surface area contributed by atoms with Gasteiger partial charge in [-0.2, -0.15) is 0 Å². The van der Waals surface area contributed by atoms with Gasteiger partial charge in [0, 0.05) is 25.3 Å². The Balaban J connectivity index is 1.30. The van der Waals surface area contributed by atoms with Crippen LogP contribution in [0.15, 0.2) is 24.3 Å². The number of ether oxygens (including phenoxy) is 1. The van der Waals surface area contributed by atoms with Gasteiger partial charge in [-0.1, -0.05) is 18.6 Å². The van der Waals surface area contributed by atoms with Crippen molar-refractivity contribution in [3.63, 3.8) is 0 Å². The molecule has 2 bridgehead atoms.